The molecule has 21 heavy (non-hydrogen) atoms. The first-order valence-corrected chi connectivity index (χ1v) is 8.54. The van der Waals surface area contributed by atoms with Crippen molar-refractivity contribution in [2.45, 2.75) is 31.3 Å². The summed E-state index contributed by atoms with van der Waals surface area (Å²) >= 11 is 0. The Morgan fingerprint density at radius 1 is 1.19 bits per heavy atom. The van der Waals surface area contributed by atoms with E-state index in [0.717, 1.165) is 11.1 Å². The maximum Gasteiger partial charge on any atom is 0.179 e. The monoisotopic (exact) mass is 304 g/mol. The summed E-state index contributed by atoms with van der Waals surface area (Å²) in [6.45, 7) is 4.43. The third kappa shape index (κ3) is 4.65. The normalized spacial score (nSPS) is 13.0. The fraction of sp³-hybridized carbons (Fsp3) is 0.312. The molecule has 0 aliphatic heterocycles. The van der Waals surface area contributed by atoms with Gasteiger partial charge in [0, 0.05) is 25.0 Å². The minimum Gasteiger partial charge on any atom is -0.309 e. The van der Waals surface area contributed by atoms with Gasteiger partial charge in [0.2, 0.25) is 0 Å². The topological polar surface area (TPSA) is 59.1 Å². The van der Waals surface area contributed by atoms with Crippen LogP contribution in [0.4, 0.5) is 0 Å². The third-order valence-corrected chi connectivity index (χ3v) is 5.16. The molecule has 1 aromatic carbocycles. The first kappa shape index (κ1) is 15.7. The van der Waals surface area contributed by atoms with Crippen LogP contribution in [0.15, 0.2) is 53.7 Å². The van der Waals surface area contributed by atoms with Crippen LogP contribution in [0.1, 0.15) is 18.1 Å². The molecule has 0 radical (unpaired) electrons. The number of rotatable bonds is 6. The molecule has 5 heteroatoms. The zero-order chi connectivity index (χ0) is 15.3. The van der Waals surface area contributed by atoms with Gasteiger partial charge in [0.1, 0.15) is 0 Å². The van der Waals surface area contributed by atoms with Crippen LogP contribution in [0.2, 0.25) is 0 Å². The summed E-state index contributed by atoms with van der Waals surface area (Å²) in [5.41, 5.74) is 2.09. The van der Waals surface area contributed by atoms with Crippen LogP contribution in [0.3, 0.4) is 0 Å². The lowest BCUT2D eigenvalue weighted by Gasteiger charge is -2.14. The largest absolute Gasteiger partial charge is 0.309 e. The average molecular weight is 304 g/mol. The highest BCUT2D eigenvalue weighted by Gasteiger charge is 2.18. The van der Waals surface area contributed by atoms with E-state index < -0.39 is 9.84 Å². The van der Waals surface area contributed by atoms with Crippen LogP contribution >= 0.6 is 0 Å². The van der Waals surface area contributed by atoms with E-state index in [0.29, 0.717) is 11.4 Å². The molecule has 0 saturated heterocycles. The summed E-state index contributed by atoms with van der Waals surface area (Å²) in [5.74, 6) is 0.0797. The van der Waals surface area contributed by atoms with Gasteiger partial charge in [0.05, 0.1) is 10.6 Å². The van der Waals surface area contributed by atoms with Crippen LogP contribution in [-0.2, 0) is 16.4 Å². The second-order valence-corrected chi connectivity index (χ2v) is 7.27. The van der Waals surface area contributed by atoms with Crippen LogP contribution in [0.25, 0.3) is 0 Å². The standard InChI is InChI=1S/C16H20N2O2S/c1-13-5-7-16(8-6-13)21(19,20)12-14(2)18-11-15-4-3-9-17-10-15/h3-10,14,18H,11-12H2,1-2H3. The van der Waals surface area contributed by atoms with Gasteiger partial charge in [-0.2, -0.15) is 0 Å². The molecule has 0 aliphatic carbocycles. The summed E-state index contributed by atoms with van der Waals surface area (Å²) in [4.78, 5) is 4.41. The molecular formula is C16H20N2O2S. The van der Waals surface area contributed by atoms with Crippen LogP contribution in [-0.4, -0.2) is 25.2 Å². The van der Waals surface area contributed by atoms with Crippen molar-refractivity contribution in [1.82, 2.24) is 10.3 Å². The van der Waals surface area contributed by atoms with Crippen molar-refractivity contribution in [2.75, 3.05) is 5.75 Å². The average Bonchev–Trinajstić information content (AvgIpc) is 2.46. The van der Waals surface area contributed by atoms with Crippen LogP contribution in [0, 0.1) is 6.92 Å². The van der Waals surface area contributed by atoms with Crippen molar-refractivity contribution in [2.24, 2.45) is 0 Å². The van der Waals surface area contributed by atoms with Gasteiger partial charge < -0.3 is 5.32 Å². The lowest BCUT2D eigenvalue weighted by molar-refractivity contribution is 0.556. The van der Waals surface area contributed by atoms with E-state index in [2.05, 4.69) is 10.3 Å². The van der Waals surface area contributed by atoms with E-state index in [9.17, 15) is 8.42 Å². The summed E-state index contributed by atoms with van der Waals surface area (Å²) < 4.78 is 24.6. The van der Waals surface area contributed by atoms with E-state index >= 15 is 0 Å². The fourth-order valence-electron chi connectivity index (χ4n) is 2.02. The van der Waals surface area contributed by atoms with Gasteiger partial charge in [0.25, 0.3) is 0 Å². The van der Waals surface area contributed by atoms with Gasteiger partial charge in [-0.05, 0) is 37.6 Å². The number of benzene rings is 1. The number of aryl methyl sites for hydroxylation is 1. The molecule has 0 spiro atoms. The maximum atomic E-state index is 12.3. The molecule has 0 fully saturated rings. The van der Waals surface area contributed by atoms with E-state index in [1.807, 2.05) is 38.1 Å². The van der Waals surface area contributed by atoms with Gasteiger partial charge >= 0.3 is 0 Å². The second kappa shape index (κ2) is 6.83. The molecule has 1 heterocycles. The third-order valence-electron chi connectivity index (χ3n) is 3.23. The van der Waals surface area contributed by atoms with Crippen molar-refractivity contribution in [3.63, 3.8) is 0 Å². The van der Waals surface area contributed by atoms with Crippen molar-refractivity contribution in [3.05, 3.63) is 59.9 Å². The van der Waals surface area contributed by atoms with Gasteiger partial charge in [-0.25, -0.2) is 8.42 Å². The molecule has 0 bridgehead atoms. The quantitative estimate of drug-likeness (QED) is 0.890. The highest BCUT2D eigenvalue weighted by molar-refractivity contribution is 7.91. The van der Waals surface area contributed by atoms with E-state index in [1.165, 1.54) is 0 Å². The first-order chi connectivity index (χ1) is 9.97. The van der Waals surface area contributed by atoms with Gasteiger partial charge in [0.15, 0.2) is 9.84 Å². The zero-order valence-corrected chi connectivity index (χ0v) is 13.1. The first-order valence-electron chi connectivity index (χ1n) is 6.89. The number of hydrogen-bond acceptors (Lipinski definition) is 4. The molecule has 112 valence electrons. The predicted molar refractivity (Wildman–Crippen MR) is 83.8 cm³/mol. The summed E-state index contributed by atoms with van der Waals surface area (Å²) in [5, 5.41) is 3.22. The Kier molecular flexibility index (Phi) is 5.09. The van der Waals surface area contributed by atoms with Crippen molar-refractivity contribution < 1.29 is 8.42 Å². The van der Waals surface area contributed by atoms with E-state index in [-0.39, 0.29) is 11.8 Å². The second-order valence-electron chi connectivity index (χ2n) is 5.24. The Hall–Kier alpha value is -1.72. The smallest absolute Gasteiger partial charge is 0.179 e. The van der Waals surface area contributed by atoms with Crippen molar-refractivity contribution >= 4 is 9.84 Å². The summed E-state index contributed by atoms with van der Waals surface area (Å²) in [6, 6.07) is 10.7. The number of sulfone groups is 1. The van der Waals surface area contributed by atoms with E-state index in [1.54, 1.807) is 24.5 Å². The molecule has 0 amide bonds. The number of pyridine rings is 1. The molecule has 0 aliphatic rings. The lowest BCUT2D eigenvalue weighted by Crippen LogP contribution is -2.32. The summed E-state index contributed by atoms with van der Waals surface area (Å²) in [6.07, 6.45) is 3.49. The molecular weight excluding hydrogens is 284 g/mol. The van der Waals surface area contributed by atoms with Crippen molar-refractivity contribution in [1.29, 1.82) is 0 Å². The molecule has 1 unspecified atom stereocenters. The number of aromatic nitrogens is 1. The lowest BCUT2D eigenvalue weighted by atomic mass is 10.2. The Bertz CT molecular complexity index is 667. The Balaban J connectivity index is 1.95. The molecule has 1 atom stereocenters. The SMILES string of the molecule is Cc1ccc(S(=O)(=O)CC(C)NCc2cccnc2)cc1. The summed E-state index contributed by atoms with van der Waals surface area (Å²) in [7, 11) is -3.26. The van der Waals surface area contributed by atoms with Gasteiger partial charge in [-0.15, -0.1) is 0 Å². The molecule has 2 rings (SSSR count). The molecule has 1 aromatic heterocycles. The molecule has 0 saturated carbocycles. The molecule has 2 aromatic rings. The minimum absolute atomic E-state index is 0.0797. The number of nitrogens with zero attached hydrogens (tertiary/aromatic N) is 1. The van der Waals surface area contributed by atoms with Crippen LogP contribution in [0.5, 0.6) is 0 Å². The molecule has 4 nitrogen and oxygen atoms in total. The van der Waals surface area contributed by atoms with Crippen LogP contribution < -0.4 is 5.32 Å². The number of nitrogens with one attached hydrogen (secondary N) is 1. The molecule has 1 N–H and O–H groups in total. The maximum absolute atomic E-state index is 12.3. The zero-order valence-electron chi connectivity index (χ0n) is 12.3. The highest BCUT2D eigenvalue weighted by Crippen LogP contribution is 2.13. The number of hydrogen-bond donors (Lipinski definition) is 1. The highest BCUT2D eigenvalue weighted by atomic mass is 32.2. The fourth-order valence-corrected chi connectivity index (χ4v) is 3.54. The Morgan fingerprint density at radius 3 is 2.52 bits per heavy atom. The Morgan fingerprint density at radius 2 is 1.90 bits per heavy atom. The Labute approximate surface area is 126 Å². The van der Waals surface area contributed by atoms with Gasteiger partial charge in [-0.1, -0.05) is 23.8 Å². The van der Waals surface area contributed by atoms with E-state index in [4.69, 9.17) is 0 Å². The van der Waals surface area contributed by atoms with Gasteiger partial charge in [-0.3, -0.25) is 4.98 Å². The van der Waals surface area contributed by atoms with Crippen molar-refractivity contribution in [3.8, 4) is 0 Å². The predicted octanol–water partition coefficient (Wildman–Crippen LogP) is 2.34. The minimum atomic E-state index is -3.26.